The molecule has 0 aromatic heterocycles. The number of nitrogens with zero attached hydrogens (tertiary/aromatic N) is 2. The highest BCUT2D eigenvalue weighted by Crippen LogP contribution is 2.17. The molecule has 1 saturated heterocycles. The fourth-order valence-electron chi connectivity index (χ4n) is 3.29. The summed E-state index contributed by atoms with van der Waals surface area (Å²) in [6.45, 7) is 8.52. The minimum atomic E-state index is 0.0447. The van der Waals surface area contributed by atoms with Gasteiger partial charge in [0.25, 0.3) is 11.8 Å². The maximum atomic E-state index is 12.7. The Hall–Kier alpha value is -2.62. The molecule has 0 unspecified atom stereocenters. The number of benzene rings is 2. The van der Waals surface area contributed by atoms with Gasteiger partial charge in [-0.2, -0.15) is 0 Å². The summed E-state index contributed by atoms with van der Waals surface area (Å²) >= 11 is 0. The minimum Gasteiger partial charge on any atom is -0.335 e. The molecule has 1 fully saturated rings. The Morgan fingerprint density at radius 2 is 1.35 bits per heavy atom. The van der Waals surface area contributed by atoms with E-state index < -0.39 is 0 Å². The molecule has 26 heavy (non-hydrogen) atoms. The number of hydrogen-bond acceptors (Lipinski definition) is 2. The van der Waals surface area contributed by atoms with Gasteiger partial charge in [0.2, 0.25) is 0 Å². The minimum absolute atomic E-state index is 0.0447. The second-order valence-corrected chi connectivity index (χ2v) is 7.18. The first kappa shape index (κ1) is 18.2. The smallest absolute Gasteiger partial charge is 0.254 e. The number of rotatable bonds is 3. The predicted octanol–water partition coefficient (Wildman–Crippen LogP) is 3.72. The van der Waals surface area contributed by atoms with Crippen LogP contribution < -0.4 is 0 Å². The fraction of sp³-hybridized carbons (Fsp3) is 0.364. The van der Waals surface area contributed by atoms with Gasteiger partial charge in [-0.1, -0.05) is 44.2 Å². The van der Waals surface area contributed by atoms with Gasteiger partial charge in [0, 0.05) is 37.3 Å². The molecule has 0 radical (unpaired) electrons. The first-order valence-electron chi connectivity index (χ1n) is 9.21. The van der Waals surface area contributed by atoms with E-state index in [0.29, 0.717) is 37.7 Å². The molecule has 0 saturated carbocycles. The van der Waals surface area contributed by atoms with Crippen LogP contribution in [0.4, 0.5) is 0 Å². The van der Waals surface area contributed by atoms with Gasteiger partial charge < -0.3 is 9.80 Å². The molecule has 0 aliphatic carbocycles. The van der Waals surface area contributed by atoms with Crippen LogP contribution in [0.2, 0.25) is 0 Å². The lowest BCUT2D eigenvalue weighted by Gasteiger charge is -2.35. The van der Waals surface area contributed by atoms with Crippen LogP contribution in [0.3, 0.4) is 0 Å². The van der Waals surface area contributed by atoms with Gasteiger partial charge in [-0.25, -0.2) is 0 Å². The standard InChI is InChI=1S/C22H26N2O2/c1-16(2)18-8-10-19(11-9-18)21(25)23-12-14-24(15-13-23)22(26)20-7-5-4-6-17(20)3/h4-11,16H,12-15H2,1-3H3. The lowest BCUT2D eigenvalue weighted by atomic mass is 10.0. The number of aryl methyl sites for hydroxylation is 1. The monoisotopic (exact) mass is 350 g/mol. The summed E-state index contributed by atoms with van der Waals surface area (Å²) in [4.78, 5) is 29.1. The summed E-state index contributed by atoms with van der Waals surface area (Å²) in [6, 6.07) is 15.5. The first-order valence-corrected chi connectivity index (χ1v) is 9.21. The molecular weight excluding hydrogens is 324 g/mol. The molecule has 4 heteroatoms. The molecular formula is C22H26N2O2. The highest BCUT2D eigenvalue weighted by atomic mass is 16.2. The lowest BCUT2D eigenvalue weighted by molar-refractivity contribution is 0.0535. The highest BCUT2D eigenvalue weighted by molar-refractivity contribution is 5.96. The quantitative estimate of drug-likeness (QED) is 0.846. The summed E-state index contributed by atoms with van der Waals surface area (Å²) in [6.07, 6.45) is 0. The predicted molar refractivity (Wildman–Crippen MR) is 104 cm³/mol. The van der Waals surface area contributed by atoms with Gasteiger partial charge >= 0.3 is 0 Å². The molecule has 0 N–H and O–H groups in total. The van der Waals surface area contributed by atoms with E-state index in [4.69, 9.17) is 0 Å². The van der Waals surface area contributed by atoms with Crippen molar-refractivity contribution in [3.63, 3.8) is 0 Å². The molecule has 2 aromatic rings. The zero-order valence-electron chi connectivity index (χ0n) is 15.7. The number of hydrogen-bond donors (Lipinski definition) is 0. The van der Waals surface area contributed by atoms with Crippen LogP contribution in [0.5, 0.6) is 0 Å². The van der Waals surface area contributed by atoms with Crippen molar-refractivity contribution in [3.05, 3.63) is 70.8 Å². The van der Waals surface area contributed by atoms with Crippen molar-refractivity contribution in [2.75, 3.05) is 26.2 Å². The van der Waals surface area contributed by atoms with Crippen molar-refractivity contribution in [1.82, 2.24) is 9.80 Å². The Kier molecular flexibility index (Phi) is 5.40. The van der Waals surface area contributed by atoms with Crippen LogP contribution >= 0.6 is 0 Å². The average Bonchev–Trinajstić information content (AvgIpc) is 2.67. The van der Waals surface area contributed by atoms with Crippen LogP contribution in [0.1, 0.15) is 51.6 Å². The maximum absolute atomic E-state index is 12.7. The van der Waals surface area contributed by atoms with E-state index in [1.54, 1.807) is 0 Å². The van der Waals surface area contributed by atoms with Gasteiger partial charge in [0.15, 0.2) is 0 Å². The largest absolute Gasteiger partial charge is 0.335 e. The van der Waals surface area contributed by atoms with Crippen molar-refractivity contribution in [1.29, 1.82) is 0 Å². The van der Waals surface area contributed by atoms with E-state index in [-0.39, 0.29) is 11.8 Å². The van der Waals surface area contributed by atoms with Crippen LogP contribution in [-0.2, 0) is 0 Å². The Labute approximate surface area is 155 Å². The van der Waals surface area contributed by atoms with Crippen molar-refractivity contribution < 1.29 is 9.59 Å². The third kappa shape index (κ3) is 3.79. The molecule has 1 aliphatic rings. The van der Waals surface area contributed by atoms with Gasteiger partial charge in [-0.15, -0.1) is 0 Å². The van der Waals surface area contributed by atoms with Crippen molar-refractivity contribution in [2.45, 2.75) is 26.7 Å². The van der Waals surface area contributed by atoms with E-state index in [1.807, 2.05) is 65.3 Å². The van der Waals surface area contributed by atoms with E-state index in [2.05, 4.69) is 13.8 Å². The summed E-state index contributed by atoms with van der Waals surface area (Å²) in [7, 11) is 0. The molecule has 0 bridgehead atoms. The Balaban J connectivity index is 1.62. The Morgan fingerprint density at radius 1 is 0.808 bits per heavy atom. The molecule has 0 spiro atoms. The molecule has 1 aliphatic heterocycles. The second kappa shape index (κ2) is 7.73. The topological polar surface area (TPSA) is 40.6 Å². The number of carbonyl (C=O) groups is 2. The molecule has 2 amide bonds. The second-order valence-electron chi connectivity index (χ2n) is 7.18. The van der Waals surface area contributed by atoms with E-state index >= 15 is 0 Å². The summed E-state index contributed by atoms with van der Waals surface area (Å²) in [5.74, 6) is 0.551. The van der Waals surface area contributed by atoms with Crippen LogP contribution in [0.15, 0.2) is 48.5 Å². The van der Waals surface area contributed by atoms with Gasteiger partial charge in [-0.3, -0.25) is 9.59 Å². The van der Waals surface area contributed by atoms with Crippen LogP contribution in [-0.4, -0.2) is 47.8 Å². The molecule has 3 rings (SSSR count). The van der Waals surface area contributed by atoms with Crippen LogP contribution in [0, 0.1) is 6.92 Å². The SMILES string of the molecule is Cc1ccccc1C(=O)N1CCN(C(=O)c2ccc(C(C)C)cc2)CC1. The van der Waals surface area contributed by atoms with Crippen molar-refractivity contribution in [2.24, 2.45) is 0 Å². The number of carbonyl (C=O) groups excluding carboxylic acids is 2. The molecule has 4 nitrogen and oxygen atoms in total. The molecule has 2 aromatic carbocycles. The molecule has 1 heterocycles. The van der Waals surface area contributed by atoms with E-state index in [0.717, 1.165) is 11.1 Å². The number of amides is 2. The van der Waals surface area contributed by atoms with E-state index in [1.165, 1.54) is 5.56 Å². The zero-order valence-corrected chi connectivity index (χ0v) is 15.7. The van der Waals surface area contributed by atoms with E-state index in [9.17, 15) is 9.59 Å². The third-order valence-corrected chi connectivity index (χ3v) is 5.05. The van der Waals surface area contributed by atoms with Crippen LogP contribution in [0.25, 0.3) is 0 Å². The average molecular weight is 350 g/mol. The Bertz CT molecular complexity index is 788. The van der Waals surface area contributed by atoms with Gasteiger partial charge in [-0.05, 0) is 42.2 Å². The summed E-state index contributed by atoms with van der Waals surface area (Å²) in [5.41, 5.74) is 3.68. The lowest BCUT2D eigenvalue weighted by Crippen LogP contribution is -2.50. The third-order valence-electron chi connectivity index (χ3n) is 5.05. The maximum Gasteiger partial charge on any atom is 0.254 e. The molecule has 0 atom stereocenters. The zero-order chi connectivity index (χ0) is 18.7. The van der Waals surface area contributed by atoms with Crippen molar-refractivity contribution in [3.8, 4) is 0 Å². The van der Waals surface area contributed by atoms with Gasteiger partial charge in [0.05, 0.1) is 0 Å². The summed E-state index contributed by atoms with van der Waals surface area (Å²) in [5, 5.41) is 0. The highest BCUT2D eigenvalue weighted by Gasteiger charge is 2.26. The van der Waals surface area contributed by atoms with Gasteiger partial charge in [0.1, 0.15) is 0 Å². The van der Waals surface area contributed by atoms with Crippen molar-refractivity contribution >= 4 is 11.8 Å². The fourth-order valence-corrected chi connectivity index (χ4v) is 3.29. The first-order chi connectivity index (χ1) is 12.5. The summed E-state index contributed by atoms with van der Waals surface area (Å²) < 4.78 is 0. The number of piperazine rings is 1. The normalized spacial score (nSPS) is 14.6. The molecule has 136 valence electrons. The Morgan fingerprint density at radius 3 is 1.88 bits per heavy atom.